The molecule has 0 saturated heterocycles. The molecule has 0 amide bonds. The van der Waals surface area contributed by atoms with Gasteiger partial charge in [-0.1, -0.05) is 6.08 Å². The molecule has 1 aliphatic heterocycles. The number of halogens is 2. The first kappa shape index (κ1) is 23.0. The third kappa shape index (κ3) is 3.90. The van der Waals surface area contributed by atoms with Crippen molar-refractivity contribution in [1.82, 2.24) is 0 Å². The second kappa shape index (κ2) is 8.77. The number of allylic oxidation sites excluding steroid dienone is 4. The number of aliphatic hydroxyl groups excluding tert-OH is 1. The molecule has 0 radical (unpaired) electrons. The number of hydrogen-bond donors (Lipinski definition) is 1. The Hall–Kier alpha value is -2.79. The van der Waals surface area contributed by atoms with Crippen LogP contribution in [0.15, 0.2) is 83.3 Å². The van der Waals surface area contributed by atoms with Crippen LogP contribution in [0.25, 0.3) is 23.1 Å². The minimum absolute atomic E-state index is 0.00899. The highest BCUT2D eigenvalue weighted by molar-refractivity contribution is 14.1. The largest absolute Gasteiger partial charge is 0.506 e. The van der Waals surface area contributed by atoms with Crippen LogP contribution >= 0.6 is 45.2 Å². The van der Waals surface area contributed by atoms with Crippen molar-refractivity contribution in [2.45, 2.75) is 0 Å². The van der Waals surface area contributed by atoms with E-state index in [4.69, 9.17) is 0 Å². The molecule has 168 valence electrons. The number of aliphatic hydroxyl groups is 1. The molecule has 0 unspecified atom stereocenters. The van der Waals surface area contributed by atoms with Crippen LogP contribution in [0.4, 0.5) is 5.69 Å². The number of rotatable bonds is 2. The summed E-state index contributed by atoms with van der Waals surface area (Å²) in [7, 11) is 3.79. The zero-order chi connectivity index (χ0) is 24.1. The molecule has 2 aromatic carbocycles. The molecule has 0 saturated carbocycles. The van der Waals surface area contributed by atoms with Gasteiger partial charge in [0.05, 0.1) is 11.1 Å². The lowest BCUT2D eigenvalue weighted by atomic mass is 10.0. The lowest BCUT2D eigenvalue weighted by molar-refractivity contribution is -0.646. The van der Waals surface area contributed by atoms with Crippen LogP contribution < -0.4 is 9.47 Å². The number of aryl methyl sites for hydroxylation is 1. The van der Waals surface area contributed by atoms with Crippen molar-refractivity contribution in [1.29, 1.82) is 0 Å². The molecule has 2 aliphatic rings. The van der Waals surface area contributed by atoms with Gasteiger partial charge in [0.25, 0.3) is 0 Å². The summed E-state index contributed by atoms with van der Waals surface area (Å²) in [6, 6.07) is 16.0. The minimum Gasteiger partial charge on any atom is -0.506 e. The Bertz CT molecular complexity index is 1550. The lowest BCUT2D eigenvalue weighted by Gasteiger charge is -2.26. The monoisotopic (exact) mass is 673 g/mol. The number of likely N-dealkylation sites (N-methyl/N-ethyl adjacent to an activating group) is 1. The molecule has 0 atom stereocenters. The van der Waals surface area contributed by atoms with E-state index in [0.29, 0.717) is 11.4 Å². The van der Waals surface area contributed by atoms with E-state index in [-0.39, 0.29) is 16.9 Å². The van der Waals surface area contributed by atoms with Gasteiger partial charge in [0.1, 0.15) is 12.8 Å². The molecule has 2 heterocycles. The number of pyridine rings is 1. The van der Waals surface area contributed by atoms with Crippen LogP contribution in [0.2, 0.25) is 0 Å². The van der Waals surface area contributed by atoms with Gasteiger partial charge in [-0.3, -0.25) is 9.59 Å². The number of aromatic nitrogens is 1. The Labute approximate surface area is 224 Å². The first-order chi connectivity index (χ1) is 16.2. The van der Waals surface area contributed by atoms with Crippen molar-refractivity contribution in [2.75, 3.05) is 11.9 Å². The van der Waals surface area contributed by atoms with E-state index >= 15 is 0 Å². The quantitative estimate of drug-likeness (QED) is 0.175. The number of ketones is 2. The predicted molar refractivity (Wildman–Crippen MR) is 150 cm³/mol. The minimum atomic E-state index is -0.704. The molecule has 1 aliphatic carbocycles. The highest BCUT2D eigenvalue weighted by atomic mass is 127. The smallest absolute Gasteiger partial charge is 0.237 e. The summed E-state index contributed by atoms with van der Waals surface area (Å²) in [5, 5.41) is 12.0. The molecule has 34 heavy (non-hydrogen) atoms. The summed E-state index contributed by atoms with van der Waals surface area (Å²) in [4.78, 5) is 27.6. The Morgan fingerprint density at radius 3 is 2.44 bits per heavy atom. The number of anilines is 1. The molecular formula is C27H19I2N2O3+. The van der Waals surface area contributed by atoms with Crippen molar-refractivity contribution in [3.05, 3.63) is 102 Å². The Balaban J connectivity index is 1.56. The van der Waals surface area contributed by atoms with Gasteiger partial charge < -0.3 is 10.0 Å². The maximum absolute atomic E-state index is 12.8. The summed E-state index contributed by atoms with van der Waals surface area (Å²) in [5.74, 6) is -1.70. The third-order valence-electron chi connectivity index (χ3n) is 6.13. The molecule has 5 rings (SSSR count). The van der Waals surface area contributed by atoms with Gasteiger partial charge in [-0.2, -0.15) is 4.57 Å². The first-order valence-corrected chi connectivity index (χ1v) is 12.7. The van der Waals surface area contributed by atoms with Crippen molar-refractivity contribution >= 4 is 85.5 Å². The molecular weight excluding hydrogens is 654 g/mol. The molecule has 3 aromatic rings. The van der Waals surface area contributed by atoms with Crippen molar-refractivity contribution < 1.29 is 19.3 Å². The van der Waals surface area contributed by atoms with Crippen LogP contribution in [0.5, 0.6) is 0 Å². The van der Waals surface area contributed by atoms with Gasteiger partial charge in [0, 0.05) is 49.2 Å². The fourth-order valence-electron chi connectivity index (χ4n) is 4.24. The summed E-state index contributed by atoms with van der Waals surface area (Å²) < 4.78 is 4.20. The molecule has 0 spiro atoms. The average Bonchev–Trinajstić information content (AvgIpc) is 3.00. The Kier molecular flexibility index (Phi) is 5.93. The Morgan fingerprint density at radius 1 is 0.912 bits per heavy atom. The molecule has 0 bridgehead atoms. The van der Waals surface area contributed by atoms with Crippen molar-refractivity contribution in [3.8, 4) is 0 Å². The zero-order valence-corrected chi connectivity index (χ0v) is 22.7. The van der Waals surface area contributed by atoms with Gasteiger partial charge in [0.15, 0.2) is 0 Å². The van der Waals surface area contributed by atoms with Gasteiger partial charge in [-0.25, -0.2) is 0 Å². The van der Waals surface area contributed by atoms with Crippen LogP contribution in [0.3, 0.4) is 0 Å². The van der Waals surface area contributed by atoms with E-state index in [9.17, 15) is 14.7 Å². The number of benzene rings is 2. The van der Waals surface area contributed by atoms with Gasteiger partial charge in [-0.15, -0.1) is 0 Å². The first-order valence-electron chi connectivity index (χ1n) is 10.5. The number of carbonyl (C=O) groups is 2. The predicted octanol–water partition coefficient (Wildman–Crippen LogP) is 5.27. The van der Waals surface area contributed by atoms with E-state index in [0.717, 1.165) is 29.3 Å². The van der Waals surface area contributed by atoms with Crippen LogP contribution in [-0.4, -0.2) is 23.7 Å². The number of fused-ring (bicyclic) bond motifs is 2. The van der Waals surface area contributed by atoms with E-state index in [1.165, 1.54) is 0 Å². The summed E-state index contributed by atoms with van der Waals surface area (Å²) >= 11 is 4.53. The van der Waals surface area contributed by atoms with Gasteiger partial charge in [-0.05, 0) is 99.3 Å². The van der Waals surface area contributed by atoms with Crippen LogP contribution in [0, 0.1) is 7.14 Å². The van der Waals surface area contributed by atoms with Crippen molar-refractivity contribution in [2.24, 2.45) is 7.05 Å². The lowest BCUT2D eigenvalue weighted by Crippen LogP contribution is -2.33. The second-order valence-corrected chi connectivity index (χ2v) is 10.7. The second-order valence-electron chi connectivity index (χ2n) is 8.16. The topological polar surface area (TPSA) is 61.5 Å². The zero-order valence-electron chi connectivity index (χ0n) is 18.3. The molecule has 5 nitrogen and oxygen atoms in total. The van der Waals surface area contributed by atoms with E-state index in [1.807, 2.05) is 72.1 Å². The Morgan fingerprint density at radius 2 is 1.65 bits per heavy atom. The number of nitrogens with zero attached hydrogens (tertiary/aromatic N) is 2. The highest BCUT2D eigenvalue weighted by Gasteiger charge is 2.36. The van der Waals surface area contributed by atoms with Crippen molar-refractivity contribution in [3.63, 3.8) is 0 Å². The summed E-state index contributed by atoms with van der Waals surface area (Å²) in [6.07, 6.45) is 7.00. The maximum Gasteiger partial charge on any atom is 0.237 e. The molecule has 1 aromatic heterocycles. The van der Waals surface area contributed by atoms with Crippen LogP contribution in [-0.2, 0) is 16.6 Å². The normalized spacial score (nSPS) is 18.1. The maximum atomic E-state index is 12.8. The highest BCUT2D eigenvalue weighted by Crippen LogP contribution is 2.33. The van der Waals surface area contributed by atoms with E-state index in [2.05, 4.69) is 57.3 Å². The van der Waals surface area contributed by atoms with Crippen LogP contribution in [0.1, 0.15) is 11.3 Å². The average molecular weight is 673 g/mol. The third-order valence-corrected chi connectivity index (χ3v) is 7.48. The standard InChI is InChI=1S/C27H18I2N2O3/c1-30-19(7-3-15-11-17(28)5-9-23(15)30)13-21-25(32)22(27(34)26(21)33)14-20-8-4-16-12-18(29)6-10-24(16)31(20)2/h3-14H,1-2H3/p+1. The van der Waals surface area contributed by atoms with E-state index in [1.54, 1.807) is 12.2 Å². The number of Topliss-reactive ketones (excluding diaryl/α,β-unsaturated/α-hetero) is 2. The summed E-state index contributed by atoms with van der Waals surface area (Å²) in [5.41, 5.74) is 4.48. The van der Waals surface area contributed by atoms with E-state index < -0.39 is 11.6 Å². The summed E-state index contributed by atoms with van der Waals surface area (Å²) in [6.45, 7) is 0. The number of carbonyl (C=O) groups excluding carboxylic acids is 2. The fraction of sp³-hybridized carbons (Fsp3) is 0.0741. The SMILES string of the molecule is CN1/C(=C/C2=C(O)C(=C\c3ccc4cc(I)ccc4[n+]3C)/C(=O)C2=O)C=Cc2cc(I)ccc21. The molecule has 7 heteroatoms. The van der Waals surface area contributed by atoms with Gasteiger partial charge >= 0.3 is 0 Å². The fourth-order valence-corrected chi connectivity index (χ4v) is 5.27. The number of hydrogen-bond acceptors (Lipinski definition) is 4. The molecule has 1 N–H and O–H groups in total. The molecule has 0 fully saturated rings. The van der Waals surface area contributed by atoms with Gasteiger partial charge in [0.2, 0.25) is 22.8 Å².